The number of carbonyl (C=O) groups is 1. The number of nitrogens with one attached hydrogen (secondary N) is 1. The van der Waals surface area contributed by atoms with Gasteiger partial charge in [0.1, 0.15) is 0 Å². The summed E-state index contributed by atoms with van der Waals surface area (Å²) in [6.07, 6.45) is 1.71. The van der Waals surface area contributed by atoms with Crippen molar-refractivity contribution in [2.24, 2.45) is 5.10 Å². The molecule has 168 valence electrons. The summed E-state index contributed by atoms with van der Waals surface area (Å²) in [5.74, 6) is -0.235. The largest absolute Gasteiger partial charge is 0.319 e. The van der Waals surface area contributed by atoms with E-state index in [-0.39, 0.29) is 5.91 Å². The lowest BCUT2D eigenvalue weighted by molar-refractivity contribution is 0.0955. The van der Waals surface area contributed by atoms with Gasteiger partial charge in [-0.05, 0) is 107 Å². The summed E-state index contributed by atoms with van der Waals surface area (Å²) in [5.41, 5.74) is 13.4. The average Bonchev–Trinajstić information content (AvgIpc) is 3.27. The van der Waals surface area contributed by atoms with E-state index >= 15 is 0 Å². The normalized spacial score (nSPS) is 11.3. The highest BCUT2D eigenvalue weighted by atomic mass is 16.2. The Morgan fingerprint density at radius 1 is 0.727 bits per heavy atom. The molecule has 5 heteroatoms. The molecule has 0 bridgehead atoms. The van der Waals surface area contributed by atoms with Gasteiger partial charge in [-0.3, -0.25) is 4.79 Å². The molecule has 4 rings (SSSR count). The van der Waals surface area contributed by atoms with Crippen LogP contribution < -0.4 is 5.43 Å². The van der Waals surface area contributed by atoms with Crippen LogP contribution in [-0.4, -0.2) is 21.3 Å². The predicted molar refractivity (Wildman–Crippen MR) is 135 cm³/mol. The minimum Gasteiger partial charge on any atom is -0.319 e. The van der Waals surface area contributed by atoms with E-state index < -0.39 is 0 Å². The number of nitrogens with zero attached hydrogens (tertiary/aromatic N) is 3. The summed E-state index contributed by atoms with van der Waals surface area (Å²) in [4.78, 5) is 12.6. The van der Waals surface area contributed by atoms with E-state index in [1.54, 1.807) is 6.21 Å². The molecule has 0 saturated heterocycles. The van der Waals surface area contributed by atoms with Crippen molar-refractivity contribution in [3.8, 4) is 11.4 Å². The van der Waals surface area contributed by atoms with Crippen LogP contribution in [0.2, 0.25) is 0 Å². The first-order valence-corrected chi connectivity index (χ1v) is 11.1. The average molecular weight is 439 g/mol. The Morgan fingerprint density at radius 2 is 1.36 bits per heavy atom. The van der Waals surface area contributed by atoms with Gasteiger partial charge < -0.3 is 9.13 Å². The lowest BCUT2D eigenvalue weighted by atomic mass is 10.1. The van der Waals surface area contributed by atoms with Crippen molar-refractivity contribution in [1.29, 1.82) is 0 Å². The van der Waals surface area contributed by atoms with Gasteiger partial charge in [0.25, 0.3) is 5.91 Å². The van der Waals surface area contributed by atoms with Crippen LogP contribution in [-0.2, 0) is 0 Å². The summed E-state index contributed by atoms with van der Waals surface area (Å²) >= 11 is 0. The second kappa shape index (κ2) is 8.94. The van der Waals surface area contributed by atoms with Crippen molar-refractivity contribution < 1.29 is 4.79 Å². The van der Waals surface area contributed by atoms with Crippen LogP contribution >= 0.6 is 0 Å². The second-order valence-electron chi connectivity index (χ2n) is 8.63. The Balaban J connectivity index is 1.48. The number of amides is 1. The number of rotatable bonds is 5. The van der Waals surface area contributed by atoms with Gasteiger partial charge in [0, 0.05) is 45.3 Å². The minimum absolute atomic E-state index is 0.235. The Labute approximate surface area is 195 Å². The molecule has 0 fully saturated rings. The molecule has 0 spiro atoms. The number of hydrogen-bond acceptors (Lipinski definition) is 2. The summed E-state index contributed by atoms with van der Waals surface area (Å²) < 4.78 is 4.37. The summed E-state index contributed by atoms with van der Waals surface area (Å²) in [5, 5.41) is 4.22. The third-order valence-corrected chi connectivity index (χ3v) is 6.25. The highest BCUT2D eigenvalue weighted by molar-refractivity contribution is 5.95. The lowest BCUT2D eigenvalue weighted by Gasteiger charge is -2.11. The number of aryl methyl sites for hydroxylation is 5. The maximum Gasteiger partial charge on any atom is 0.271 e. The number of aromatic nitrogens is 2. The van der Waals surface area contributed by atoms with Crippen molar-refractivity contribution in [2.75, 3.05) is 0 Å². The molecule has 0 unspecified atom stereocenters. The monoisotopic (exact) mass is 438 g/mol. The minimum atomic E-state index is -0.235. The van der Waals surface area contributed by atoms with Gasteiger partial charge >= 0.3 is 0 Å². The van der Waals surface area contributed by atoms with Gasteiger partial charge in [-0.2, -0.15) is 5.10 Å². The first-order chi connectivity index (χ1) is 15.8. The van der Waals surface area contributed by atoms with Crippen LogP contribution in [0.25, 0.3) is 11.4 Å². The second-order valence-corrected chi connectivity index (χ2v) is 8.63. The molecule has 0 aliphatic heterocycles. The Kier molecular flexibility index (Phi) is 6.05. The van der Waals surface area contributed by atoms with Crippen LogP contribution in [0.15, 0.2) is 65.8 Å². The van der Waals surface area contributed by atoms with Crippen LogP contribution in [0.1, 0.15) is 49.8 Å². The van der Waals surface area contributed by atoms with E-state index in [2.05, 4.69) is 97.6 Å². The molecule has 5 nitrogen and oxygen atoms in total. The summed E-state index contributed by atoms with van der Waals surface area (Å²) in [6.45, 7) is 12.5. The maximum atomic E-state index is 12.6. The number of hydrogen-bond donors (Lipinski definition) is 1. The van der Waals surface area contributed by atoms with Crippen LogP contribution in [0.5, 0.6) is 0 Å². The van der Waals surface area contributed by atoms with Crippen molar-refractivity contribution in [3.05, 3.63) is 106 Å². The molecule has 33 heavy (non-hydrogen) atoms. The van der Waals surface area contributed by atoms with E-state index in [0.717, 1.165) is 39.7 Å². The van der Waals surface area contributed by atoms with E-state index in [1.165, 1.54) is 11.1 Å². The van der Waals surface area contributed by atoms with Crippen LogP contribution in [0.4, 0.5) is 0 Å². The van der Waals surface area contributed by atoms with Gasteiger partial charge in [-0.15, -0.1) is 0 Å². The number of benzene rings is 2. The molecule has 0 atom stereocenters. The Hall–Kier alpha value is -3.86. The molecule has 2 aromatic carbocycles. The number of carbonyl (C=O) groups excluding carboxylic acids is 1. The fourth-order valence-corrected chi connectivity index (χ4v) is 4.24. The first-order valence-electron chi connectivity index (χ1n) is 11.1. The van der Waals surface area contributed by atoms with E-state index in [9.17, 15) is 4.79 Å². The zero-order valence-electron chi connectivity index (χ0n) is 20.1. The van der Waals surface area contributed by atoms with Crippen molar-refractivity contribution in [3.63, 3.8) is 0 Å². The molecule has 2 heterocycles. The van der Waals surface area contributed by atoms with E-state index in [4.69, 9.17) is 0 Å². The zero-order valence-corrected chi connectivity index (χ0v) is 20.1. The maximum absolute atomic E-state index is 12.6. The molecule has 2 aromatic heterocycles. The van der Waals surface area contributed by atoms with E-state index in [0.29, 0.717) is 5.56 Å². The van der Waals surface area contributed by atoms with Gasteiger partial charge in [0.05, 0.1) is 6.21 Å². The highest BCUT2D eigenvalue weighted by Crippen LogP contribution is 2.22. The Bertz CT molecular complexity index is 1330. The van der Waals surface area contributed by atoms with Crippen LogP contribution in [0.3, 0.4) is 0 Å². The topological polar surface area (TPSA) is 51.3 Å². The van der Waals surface area contributed by atoms with Crippen molar-refractivity contribution in [2.45, 2.75) is 41.5 Å². The molecule has 1 amide bonds. The standard InChI is InChI=1S/C28H30N4O/c1-18-7-12-27(15-19(18)2)32-22(5)16-25(23(32)6)17-29-30-28(33)24-10-13-26(14-11-24)31-20(3)8-9-21(31)4/h7-17H,1-6H3,(H,30,33)/b29-17+. The lowest BCUT2D eigenvalue weighted by Crippen LogP contribution is -2.17. The van der Waals surface area contributed by atoms with E-state index in [1.807, 2.05) is 24.3 Å². The van der Waals surface area contributed by atoms with Crippen LogP contribution in [0, 0.1) is 41.5 Å². The molecule has 0 aliphatic rings. The quantitative estimate of drug-likeness (QED) is 0.307. The van der Waals surface area contributed by atoms with Crippen molar-refractivity contribution in [1.82, 2.24) is 14.6 Å². The molecule has 0 aliphatic carbocycles. The fraction of sp³-hybridized carbons (Fsp3) is 0.214. The number of hydrazone groups is 1. The smallest absolute Gasteiger partial charge is 0.271 e. The highest BCUT2D eigenvalue weighted by Gasteiger charge is 2.11. The molecular weight excluding hydrogens is 408 g/mol. The Morgan fingerprint density at radius 3 is 2.00 bits per heavy atom. The molecule has 1 N–H and O–H groups in total. The van der Waals surface area contributed by atoms with Gasteiger partial charge in [-0.1, -0.05) is 6.07 Å². The molecule has 0 saturated carbocycles. The molecule has 0 radical (unpaired) electrons. The molecule has 4 aromatic rings. The van der Waals surface area contributed by atoms with Gasteiger partial charge in [-0.25, -0.2) is 5.43 Å². The van der Waals surface area contributed by atoms with Gasteiger partial charge in [0.15, 0.2) is 0 Å². The van der Waals surface area contributed by atoms with Crippen molar-refractivity contribution >= 4 is 12.1 Å². The van der Waals surface area contributed by atoms with Gasteiger partial charge in [0.2, 0.25) is 0 Å². The molecular formula is C28H30N4O. The SMILES string of the molecule is Cc1ccc(-n2c(C)cc(/C=N/NC(=O)c3ccc(-n4c(C)ccc4C)cc3)c2C)cc1C. The zero-order chi connectivity index (χ0) is 23.7. The summed E-state index contributed by atoms with van der Waals surface area (Å²) in [6, 6.07) is 20.3. The third kappa shape index (κ3) is 4.40. The predicted octanol–water partition coefficient (Wildman–Crippen LogP) is 5.88. The summed E-state index contributed by atoms with van der Waals surface area (Å²) in [7, 11) is 0. The fourth-order valence-electron chi connectivity index (χ4n) is 4.24. The third-order valence-electron chi connectivity index (χ3n) is 6.25. The first kappa shape index (κ1) is 22.3.